The SMILES string of the molecule is CCCCCCCCCCO[C@@H]1[C@H]2OC(C)(C)O[C@H]2O[C@@H]1C(CN1CCCCC1)OC(=O)Nc1ccc(OC)cc1. The van der Waals surface area contributed by atoms with Crippen molar-refractivity contribution in [2.24, 2.45) is 0 Å². The third-order valence-electron chi connectivity index (χ3n) is 8.18. The zero-order valence-electron chi connectivity index (χ0n) is 25.6. The number of ether oxygens (including phenoxy) is 6. The fraction of sp³-hybridized carbons (Fsp3) is 0.781. The van der Waals surface area contributed by atoms with Gasteiger partial charge in [0, 0.05) is 18.8 Å². The van der Waals surface area contributed by atoms with Crippen LogP contribution in [0.4, 0.5) is 10.5 Å². The number of rotatable bonds is 16. The Kier molecular flexibility index (Phi) is 12.6. The lowest BCUT2D eigenvalue weighted by Crippen LogP contribution is -2.50. The first-order valence-electron chi connectivity index (χ1n) is 15.9. The zero-order chi connectivity index (χ0) is 29.1. The van der Waals surface area contributed by atoms with E-state index in [-0.39, 0.29) is 6.10 Å². The fourth-order valence-electron chi connectivity index (χ4n) is 6.01. The third kappa shape index (κ3) is 9.82. The summed E-state index contributed by atoms with van der Waals surface area (Å²) in [7, 11) is 1.61. The minimum atomic E-state index is -0.755. The van der Waals surface area contributed by atoms with Crippen LogP contribution >= 0.6 is 0 Å². The summed E-state index contributed by atoms with van der Waals surface area (Å²) in [6.07, 6.45) is 10.5. The van der Waals surface area contributed by atoms with E-state index in [0.717, 1.165) is 44.5 Å². The van der Waals surface area contributed by atoms with Gasteiger partial charge in [-0.1, -0.05) is 58.3 Å². The molecule has 1 aromatic rings. The number of amides is 1. The van der Waals surface area contributed by atoms with E-state index < -0.39 is 36.5 Å². The lowest BCUT2D eigenvalue weighted by Gasteiger charge is -2.35. The fourth-order valence-corrected chi connectivity index (χ4v) is 6.01. The van der Waals surface area contributed by atoms with Crippen LogP contribution in [0.3, 0.4) is 0 Å². The van der Waals surface area contributed by atoms with Crippen molar-refractivity contribution >= 4 is 11.8 Å². The van der Waals surface area contributed by atoms with Crippen LogP contribution in [-0.4, -0.2) is 80.8 Å². The average Bonchev–Trinajstić information content (AvgIpc) is 3.44. The number of nitrogens with zero attached hydrogens (tertiary/aromatic N) is 1. The van der Waals surface area contributed by atoms with Gasteiger partial charge in [-0.2, -0.15) is 0 Å². The lowest BCUT2D eigenvalue weighted by molar-refractivity contribution is -0.230. The Morgan fingerprint density at radius 2 is 1.68 bits per heavy atom. The monoisotopic (exact) mass is 576 g/mol. The van der Waals surface area contributed by atoms with Crippen molar-refractivity contribution in [1.29, 1.82) is 0 Å². The predicted molar refractivity (Wildman–Crippen MR) is 158 cm³/mol. The van der Waals surface area contributed by atoms with Crippen molar-refractivity contribution in [2.75, 3.05) is 38.7 Å². The highest BCUT2D eigenvalue weighted by Gasteiger charge is 2.58. The second-order valence-corrected chi connectivity index (χ2v) is 12.0. The minimum Gasteiger partial charge on any atom is -0.497 e. The average molecular weight is 577 g/mol. The summed E-state index contributed by atoms with van der Waals surface area (Å²) in [5.74, 6) is -0.0350. The molecule has 0 bridgehead atoms. The summed E-state index contributed by atoms with van der Waals surface area (Å²) >= 11 is 0. The summed E-state index contributed by atoms with van der Waals surface area (Å²) in [5, 5.41) is 2.85. The maximum atomic E-state index is 13.1. The number of fused-ring (bicyclic) bond motifs is 1. The molecule has 3 saturated heterocycles. The number of likely N-dealkylation sites (tertiary alicyclic amines) is 1. The maximum absolute atomic E-state index is 13.1. The van der Waals surface area contributed by atoms with Crippen molar-refractivity contribution in [3.05, 3.63) is 24.3 Å². The quantitative estimate of drug-likeness (QED) is 0.223. The van der Waals surface area contributed by atoms with Gasteiger partial charge < -0.3 is 28.4 Å². The van der Waals surface area contributed by atoms with E-state index in [2.05, 4.69) is 17.1 Å². The highest BCUT2D eigenvalue weighted by atomic mass is 16.8. The van der Waals surface area contributed by atoms with Crippen LogP contribution in [0.5, 0.6) is 5.75 Å². The standard InChI is InChI=1S/C32H52N2O7/c1-5-6-7-8-9-10-11-15-22-37-28-27(39-30-29(28)40-32(2,3)41-30)26(23-34-20-13-12-14-21-34)38-31(35)33-24-16-18-25(36-4)19-17-24/h16-19,26-30H,5-15,20-23H2,1-4H3,(H,33,35)/t26?,27-,28+,29-,30-/m1/s1. The van der Waals surface area contributed by atoms with Gasteiger partial charge in [0.25, 0.3) is 0 Å². The maximum Gasteiger partial charge on any atom is 0.412 e. The molecule has 1 N–H and O–H groups in total. The van der Waals surface area contributed by atoms with Crippen molar-refractivity contribution in [2.45, 2.75) is 128 Å². The Morgan fingerprint density at radius 3 is 2.37 bits per heavy atom. The van der Waals surface area contributed by atoms with Crippen LogP contribution in [-0.2, 0) is 23.7 Å². The highest BCUT2D eigenvalue weighted by molar-refractivity contribution is 5.84. The molecule has 3 fully saturated rings. The van der Waals surface area contributed by atoms with E-state index in [1.54, 1.807) is 31.4 Å². The summed E-state index contributed by atoms with van der Waals surface area (Å²) in [6.45, 7) is 9.17. The molecule has 3 heterocycles. The van der Waals surface area contributed by atoms with Crippen molar-refractivity contribution in [3.63, 3.8) is 0 Å². The third-order valence-corrected chi connectivity index (χ3v) is 8.18. The number of methoxy groups -OCH3 is 1. The van der Waals surface area contributed by atoms with Crippen molar-refractivity contribution < 1.29 is 33.2 Å². The molecule has 0 aromatic heterocycles. The molecule has 3 aliphatic heterocycles. The smallest absolute Gasteiger partial charge is 0.412 e. The van der Waals surface area contributed by atoms with Gasteiger partial charge >= 0.3 is 6.09 Å². The van der Waals surface area contributed by atoms with Gasteiger partial charge in [0.1, 0.15) is 30.2 Å². The van der Waals surface area contributed by atoms with E-state index in [4.69, 9.17) is 28.4 Å². The first kappa shape index (κ1) is 32.0. The van der Waals surface area contributed by atoms with Crippen molar-refractivity contribution in [3.8, 4) is 5.75 Å². The number of benzene rings is 1. The molecule has 9 nitrogen and oxygen atoms in total. The molecule has 9 heteroatoms. The number of hydrogen-bond donors (Lipinski definition) is 1. The van der Waals surface area contributed by atoms with Crippen LogP contribution in [0.25, 0.3) is 0 Å². The van der Waals surface area contributed by atoms with Gasteiger partial charge in [-0.3, -0.25) is 10.2 Å². The molecule has 0 aliphatic carbocycles. The highest BCUT2D eigenvalue weighted by Crippen LogP contribution is 2.40. The normalized spacial score (nSPS) is 26.4. The Hall–Kier alpha value is -1.91. The number of anilines is 1. The van der Waals surface area contributed by atoms with Crippen LogP contribution in [0.15, 0.2) is 24.3 Å². The van der Waals surface area contributed by atoms with E-state index in [1.807, 2.05) is 13.8 Å². The van der Waals surface area contributed by atoms with Gasteiger partial charge in [-0.15, -0.1) is 0 Å². The van der Waals surface area contributed by atoms with Gasteiger partial charge in [0.15, 0.2) is 12.1 Å². The Bertz CT molecular complexity index is 906. The number of unbranched alkanes of at least 4 members (excludes halogenated alkanes) is 7. The molecular weight excluding hydrogens is 524 g/mol. The Labute approximate surface area is 246 Å². The van der Waals surface area contributed by atoms with Crippen LogP contribution in [0, 0.1) is 0 Å². The van der Waals surface area contributed by atoms with E-state index in [9.17, 15) is 4.79 Å². The van der Waals surface area contributed by atoms with Crippen LogP contribution in [0.2, 0.25) is 0 Å². The van der Waals surface area contributed by atoms with E-state index in [1.165, 1.54) is 44.9 Å². The first-order valence-corrected chi connectivity index (χ1v) is 15.9. The van der Waals surface area contributed by atoms with Gasteiger partial charge in [0.05, 0.1) is 7.11 Å². The van der Waals surface area contributed by atoms with E-state index in [0.29, 0.717) is 18.8 Å². The van der Waals surface area contributed by atoms with Gasteiger partial charge in [-0.05, 0) is 70.5 Å². The topological polar surface area (TPSA) is 87.7 Å². The molecule has 232 valence electrons. The number of piperidine rings is 1. The summed E-state index contributed by atoms with van der Waals surface area (Å²) in [4.78, 5) is 15.5. The molecule has 0 spiro atoms. The Balaban J connectivity index is 1.39. The molecule has 3 aliphatic rings. The lowest BCUT2D eigenvalue weighted by atomic mass is 10.0. The molecule has 41 heavy (non-hydrogen) atoms. The molecule has 0 saturated carbocycles. The van der Waals surface area contributed by atoms with Gasteiger partial charge in [0.2, 0.25) is 0 Å². The molecule has 1 amide bonds. The number of carbonyl (C=O) groups excluding carboxylic acids is 1. The van der Waals surface area contributed by atoms with Crippen molar-refractivity contribution in [1.82, 2.24) is 4.90 Å². The minimum absolute atomic E-state index is 0.374. The predicted octanol–water partition coefficient (Wildman–Crippen LogP) is 6.50. The number of nitrogens with one attached hydrogen (secondary N) is 1. The second-order valence-electron chi connectivity index (χ2n) is 12.0. The molecule has 1 aromatic carbocycles. The molecular formula is C32H52N2O7. The first-order chi connectivity index (χ1) is 19.9. The molecule has 1 unspecified atom stereocenters. The second kappa shape index (κ2) is 16.1. The van der Waals surface area contributed by atoms with Crippen LogP contribution in [0.1, 0.15) is 91.4 Å². The van der Waals surface area contributed by atoms with Gasteiger partial charge in [-0.25, -0.2) is 4.79 Å². The Morgan fingerprint density at radius 1 is 1.00 bits per heavy atom. The zero-order valence-corrected chi connectivity index (χ0v) is 25.6. The summed E-state index contributed by atoms with van der Waals surface area (Å²) in [5.41, 5.74) is 0.632. The number of carbonyl (C=O) groups is 1. The summed E-state index contributed by atoms with van der Waals surface area (Å²) < 4.78 is 36.6. The molecule has 5 atom stereocenters. The largest absolute Gasteiger partial charge is 0.497 e. The van der Waals surface area contributed by atoms with Crippen LogP contribution < -0.4 is 10.1 Å². The number of hydrogen-bond acceptors (Lipinski definition) is 8. The van der Waals surface area contributed by atoms with E-state index >= 15 is 0 Å². The molecule has 0 radical (unpaired) electrons. The summed E-state index contributed by atoms with van der Waals surface area (Å²) in [6, 6.07) is 7.17. The molecule has 4 rings (SSSR count).